The number of carbonyl (C=O) groups excluding carboxylic acids is 1. The van der Waals surface area contributed by atoms with Gasteiger partial charge in [0.1, 0.15) is 0 Å². The van der Waals surface area contributed by atoms with Crippen LogP contribution in [-0.2, 0) is 0 Å². The number of rotatable bonds is 9. The molecule has 2 amide bonds. The van der Waals surface area contributed by atoms with Gasteiger partial charge in [-0.1, -0.05) is 12.5 Å². The average Bonchev–Trinajstić information content (AvgIpc) is 2.15. The Morgan fingerprint density at radius 2 is 2.00 bits per heavy atom. The third-order valence-electron chi connectivity index (χ3n) is 1.86. The van der Waals surface area contributed by atoms with Crippen LogP contribution in [0.1, 0.15) is 25.7 Å². The lowest BCUT2D eigenvalue weighted by atomic mass is 10.2. The minimum atomic E-state index is -0.460. The monoisotopic (exact) mass is 199 g/mol. The third kappa shape index (κ3) is 11.0. The predicted octanol–water partition coefficient (Wildman–Crippen LogP) is 0.991. The zero-order chi connectivity index (χ0) is 10.6. The summed E-state index contributed by atoms with van der Waals surface area (Å²) < 4.78 is 0. The van der Waals surface area contributed by atoms with E-state index in [0.29, 0.717) is 6.54 Å². The molecule has 0 aromatic heterocycles. The van der Waals surface area contributed by atoms with Gasteiger partial charge in [-0.05, 0) is 25.8 Å². The minimum absolute atomic E-state index is 0.460. The van der Waals surface area contributed by atoms with Gasteiger partial charge >= 0.3 is 6.03 Å². The van der Waals surface area contributed by atoms with Crippen molar-refractivity contribution in [3.8, 4) is 0 Å². The maximum atomic E-state index is 10.3. The molecule has 0 radical (unpaired) electrons. The fraction of sp³-hybridized carbons (Fsp3) is 0.700. The second-order valence-electron chi connectivity index (χ2n) is 3.18. The lowest BCUT2D eigenvalue weighted by Crippen LogP contribution is -2.35. The first-order valence-electron chi connectivity index (χ1n) is 5.12. The van der Waals surface area contributed by atoms with Crippen LogP contribution in [-0.4, -0.2) is 25.7 Å². The summed E-state index contributed by atoms with van der Waals surface area (Å²) in [5.74, 6) is 0. The number of allylic oxidation sites excluding steroid dienone is 1. The zero-order valence-electron chi connectivity index (χ0n) is 8.72. The van der Waals surface area contributed by atoms with Crippen LogP contribution >= 0.6 is 0 Å². The largest absolute Gasteiger partial charge is 0.352 e. The van der Waals surface area contributed by atoms with Gasteiger partial charge in [0.25, 0.3) is 0 Å². The van der Waals surface area contributed by atoms with Gasteiger partial charge in [-0.3, -0.25) is 0 Å². The van der Waals surface area contributed by atoms with Crippen molar-refractivity contribution >= 4 is 6.03 Å². The summed E-state index contributed by atoms with van der Waals surface area (Å²) in [5.41, 5.74) is 4.90. The molecule has 0 saturated heterocycles. The Bertz CT molecular complexity index is 159. The van der Waals surface area contributed by atoms with Crippen LogP contribution in [0.5, 0.6) is 0 Å². The van der Waals surface area contributed by atoms with Crippen LogP contribution in [0.2, 0.25) is 0 Å². The molecule has 0 rings (SSSR count). The summed E-state index contributed by atoms with van der Waals surface area (Å²) in [4.78, 5) is 10.3. The Kier molecular flexibility index (Phi) is 9.31. The quantitative estimate of drug-likeness (QED) is 0.383. The molecule has 0 aliphatic heterocycles. The lowest BCUT2D eigenvalue weighted by molar-refractivity contribution is 0.249. The molecular formula is C10H21N3O. The number of hydrogen-bond acceptors (Lipinski definition) is 2. The maximum absolute atomic E-state index is 10.3. The van der Waals surface area contributed by atoms with E-state index >= 15 is 0 Å². The Balaban J connectivity index is 2.92. The van der Waals surface area contributed by atoms with Gasteiger partial charge in [-0.2, -0.15) is 0 Å². The molecule has 0 aliphatic carbocycles. The number of nitrogens with two attached hydrogens (primary N) is 1. The molecule has 4 nitrogen and oxygen atoms in total. The van der Waals surface area contributed by atoms with Crippen molar-refractivity contribution in [1.82, 2.24) is 10.6 Å². The van der Waals surface area contributed by atoms with Crippen LogP contribution in [0, 0.1) is 0 Å². The van der Waals surface area contributed by atoms with E-state index in [4.69, 9.17) is 5.73 Å². The molecule has 0 aromatic rings. The van der Waals surface area contributed by atoms with E-state index in [1.807, 2.05) is 6.08 Å². The Morgan fingerprint density at radius 1 is 1.21 bits per heavy atom. The van der Waals surface area contributed by atoms with E-state index in [1.54, 1.807) is 0 Å². The number of hydrogen-bond donors (Lipinski definition) is 3. The van der Waals surface area contributed by atoms with Gasteiger partial charge in [0.2, 0.25) is 0 Å². The highest BCUT2D eigenvalue weighted by Crippen LogP contribution is 1.98. The molecule has 0 saturated carbocycles. The van der Waals surface area contributed by atoms with Crippen molar-refractivity contribution in [2.45, 2.75) is 25.7 Å². The molecule has 0 aromatic carbocycles. The number of primary amides is 1. The first-order valence-corrected chi connectivity index (χ1v) is 5.12. The van der Waals surface area contributed by atoms with Gasteiger partial charge in [-0.15, -0.1) is 6.58 Å². The van der Waals surface area contributed by atoms with Crippen LogP contribution in [0.3, 0.4) is 0 Å². The number of urea groups is 1. The molecule has 0 aliphatic rings. The van der Waals surface area contributed by atoms with E-state index in [2.05, 4.69) is 17.2 Å². The molecule has 4 heteroatoms. The SMILES string of the molecule is C=CCCCCCNCCNC(N)=O. The van der Waals surface area contributed by atoms with Gasteiger partial charge in [0.15, 0.2) is 0 Å². The van der Waals surface area contributed by atoms with Crippen LogP contribution in [0.25, 0.3) is 0 Å². The van der Waals surface area contributed by atoms with Crippen molar-refractivity contribution in [1.29, 1.82) is 0 Å². The zero-order valence-corrected chi connectivity index (χ0v) is 8.72. The molecule has 0 bridgehead atoms. The third-order valence-corrected chi connectivity index (χ3v) is 1.86. The Morgan fingerprint density at radius 3 is 2.64 bits per heavy atom. The predicted molar refractivity (Wildman–Crippen MR) is 59.1 cm³/mol. The Labute approximate surface area is 85.9 Å². The summed E-state index contributed by atoms with van der Waals surface area (Å²) in [7, 11) is 0. The first kappa shape index (κ1) is 13.0. The highest BCUT2D eigenvalue weighted by Gasteiger charge is 1.91. The molecule has 0 heterocycles. The van der Waals surface area contributed by atoms with Gasteiger partial charge in [0, 0.05) is 13.1 Å². The average molecular weight is 199 g/mol. The molecular weight excluding hydrogens is 178 g/mol. The fourth-order valence-corrected chi connectivity index (χ4v) is 1.11. The van der Waals surface area contributed by atoms with Crippen LogP contribution in [0.4, 0.5) is 4.79 Å². The van der Waals surface area contributed by atoms with Gasteiger partial charge in [0.05, 0.1) is 0 Å². The maximum Gasteiger partial charge on any atom is 0.312 e. The Hall–Kier alpha value is -1.03. The van der Waals surface area contributed by atoms with E-state index < -0.39 is 6.03 Å². The lowest BCUT2D eigenvalue weighted by Gasteiger charge is -2.04. The van der Waals surface area contributed by atoms with E-state index in [-0.39, 0.29) is 0 Å². The molecule has 0 spiro atoms. The number of unbranched alkanes of at least 4 members (excludes halogenated alkanes) is 3. The minimum Gasteiger partial charge on any atom is -0.352 e. The van der Waals surface area contributed by atoms with Crippen LogP contribution in [0.15, 0.2) is 12.7 Å². The highest BCUT2D eigenvalue weighted by atomic mass is 16.2. The standard InChI is InChI=1S/C10H21N3O/c1-2-3-4-5-6-7-12-8-9-13-10(11)14/h2,12H,1,3-9H2,(H3,11,13,14). The smallest absolute Gasteiger partial charge is 0.312 e. The fourth-order valence-electron chi connectivity index (χ4n) is 1.11. The van der Waals surface area contributed by atoms with Crippen molar-refractivity contribution in [3.05, 3.63) is 12.7 Å². The highest BCUT2D eigenvalue weighted by molar-refractivity contribution is 5.71. The summed E-state index contributed by atoms with van der Waals surface area (Å²) in [6.07, 6.45) is 6.66. The number of carbonyl (C=O) groups is 1. The molecule has 4 N–H and O–H groups in total. The molecule has 0 atom stereocenters. The number of amides is 2. The van der Waals surface area contributed by atoms with Crippen molar-refractivity contribution in [2.24, 2.45) is 5.73 Å². The second-order valence-corrected chi connectivity index (χ2v) is 3.18. The summed E-state index contributed by atoms with van der Waals surface area (Å²) >= 11 is 0. The van der Waals surface area contributed by atoms with Crippen LogP contribution < -0.4 is 16.4 Å². The summed E-state index contributed by atoms with van der Waals surface area (Å²) in [6.45, 7) is 6.05. The summed E-state index contributed by atoms with van der Waals surface area (Å²) in [5, 5.41) is 5.74. The first-order chi connectivity index (χ1) is 6.77. The van der Waals surface area contributed by atoms with Crippen molar-refractivity contribution < 1.29 is 4.79 Å². The van der Waals surface area contributed by atoms with E-state index in [1.165, 1.54) is 19.3 Å². The number of nitrogens with one attached hydrogen (secondary N) is 2. The van der Waals surface area contributed by atoms with Crippen molar-refractivity contribution in [2.75, 3.05) is 19.6 Å². The van der Waals surface area contributed by atoms with E-state index in [9.17, 15) is 4.79 Å². The van der Waals surface area contributed by atoms with Gasteiger partial charge < -0.3 is 16.4 Å². The van der Waals surface area contributed by atoms with Gasteiger partial charge in [-0.25, -0.2) is 4.79 Å². The second kappa shape index (κ2) is 10.1. The molecule has 0 fully saturated rings. The molecule has 0 unspecified atom stereocenters. The molecule has 82 valence electrons. The topological polar surface area (TPSA) is 67.2 Å². The molecule has 14 heavy (non-hydrogen) atoms. The van der Waals surface area contributed by atoms with Crippen molar-refractivity contribution in [3.63, 3.8) is 0 Å². The van der Waals surface area contributed by atoms with E-state index in [0.717, 1.165) is 19.5 Å². The normalized spacial score (nSPS) is 9.71. The summed E-state index contributed by atoms with van der Waals surface area (Å²) in [6, 6.07) is -0.460.